The second-order valence-electron chi connectivity index (χ2n) is 4.68. The fourth-order valence-corrected chi connectivity index (χ4v) is 2.40. The number of aromatic nitrogens is 1. The molecule has 0 spiro atoms. The van der Waals surface area contributed by atoms with Crippen LogP contribution in [0.5, 0.6) is 0 Å². The molecule has 0 atom stereocenters. The first-order valence-corrected chi connectivity index (χ1v) is 6.76. The molecule has 2 N–H and O–H groups in total. The summed E-state index contributed by atoms with van der Waals surface area (Å²) in [4.78, 5) is 6.39. The van der Waals surface area contributed by atoms with Crippen molar-refractivity contribution < 1.29 is 4.39 Å². The fourth-order valence-electron chi connectivity index (χ4n) is 2.40. The minimum Gasteiger partial charge on any atom is -0.398 e. The third-order valence-corrected chi connectivity index (χ3v) is 3.15. The molecule has 1 heterocycles. The van der Waals surface area contributed by atoms with E-state index in [1.807, 2.05) is 12.1 Å². The van der Waals surface area contributed by atoms with Gasteiger partial charge in [-0.3, -0.25) is 4.98 Å². The summed E-state index contributed by atoms with van der Waals surface area (Å²) >= 11 is 0. The van der Waals surface area contributed by atoms with E-state index in [9.17, 15) is 4.39 Å². The molecule has 0 aliphatic carbocycles. The molecule has 102 valence electrons. The molecule has 0 aliphatic rings. The topological polar surface area (TPSA) is 42.1 Å². The van der Waals surface area contributed by atoms with E-state index in [2.05, 4.69) is 23.7 Å². The summed E-state index contributed by atoms with van der Waals surface area (Å²) in [5.41, 5.74) is 7.55. The van der Waals surface area contributed by atoms with Gasteiger partial charge in [-0.2, -0.15) is 0 Å². The van der Waals surface area contributed by atoms with Crippen molar-refractivity contribution >= 4 is 22.3 Å². The van der Waals surface area contributed by atoms with Crippen molar-refractivity contribution in [3.05, 3.63) is 30.2 Å². The number of benzene rings is 1. The zero-order valence-electron chi connectivity index (χ0n) is 11.5. The Labute approximate surface area is 113 Å². The van der Waals surface area contributed by atoms with E-state index in [-0.39, 0.29) is 5.82 Å². The number of nitrogens with two attached hydrogens (primary N) is 1. The predicted molar refractivity (Wildman–Crippen MR) is 78.9 cm³/mol. The van der Waals surface area contributed by atoms with E-state index in [1.165, 1.54) is 6.07 Å². The van der Waals surface area contributed by atoms with E-state index < -0.39 is 0 Å². The van der Waals surface area contributed by atoms with Crippen molar-refractivity contribution in [2.75, 3.05) is 23.7 Å². The molecule has 0 saturated heterocycles. The standard InChI is InChI=1S/C15H20FN3/c1-3-8-19(9-4-2)15-12(16)10-13(17)11-6-5-7-18-14(11)15/h5-7,10H,3-4,8-9,17H2,1-2H3. The van der Waals surface area contributed by atoms with Gasteiger partial charge in [0.05, 0.1) is 11.2 Å². The summed E-state index contributed by atoms with van der Waals surface area (Å²) in [6.07, 6.45) is 3.62. The number of pyridine rings is 1. The highest BCUT2D eigenvalue weighted by molar-refractivity contribution is 5.98. The summed E-state index contributed by atoms with van der Waals surface area (Å²) in [5.74, 6) is -0.286. The molecule has 1 aromatic carbocycles. The molecule has 2 aromatic rings. The van der Waals surface area contributed by atoms with Crippen molar-refractivity contribution in [3.8, 4) is 0 Å². The number of fused-ring (bicyclic) bond motifs is 1. The third kappa shape index (κ3) is 2.62. The van der Waals surface area contributed by atoms with Crippen LogP contribution in [0.1, 0.15) is 26.7 Å². The zero-order valence-corrected chi connectivity index (χ0v) is 11.5. The molecule has 0 bridgehead atoms. The molecular formula is C15H20FN3. The SMILES string of the molecule is CCCN(CCC)c1c(F)cc(N)c2cccnc12. The van der Waals surface area contributed by atoms with Crippen molar-refractivity contribution in [3.63, 3.8) is 0 Å². The lowest BCUT2D eigenvalue weighted by Gasteiger charge is -2.25. The van der Waals surface area contributed by atoms with Crippen molar-refractivity contribution in [1.82, 2.24) is 4.98 Å². The lowest BCUT2D eigenvalue weighted by molar-refractivity contribution is 0.616. The molecule has 4 heteroatoms. The first-order valence-electron chi connectivity index (χ1n) is 6.76. The van der Waals surface area contributed by atoms with Gasteiger partial charge in [-0.25, -0.2) is 4.39 Å². The maximum Gasteiger partial charge on any atom is 0.150 e. The van der Waals surface area contributed by atoms with Crippen molar-refractivity contribution in [2.24, 2.45) is 0 Å². The van der Waals surface area contributed by atoms with E-state index in [4.69, 9.17) is 5.73 Å². The van der Waals surface area contributed by atoms with Crippen LogP contribution in [-0.4, -0.2) is 18.1 Å². The fraction of sp³-hybridized carbons (Fsp3) is 0.400. The van der Waals surface area contributed by atoms with E-state index >= 15 is 0 Å². The highest BCUT2D eigenvalue weighted by atomic mass is 19.1. The van der Waals surface area contributed by atoms with Crippen molar-refractivity contribution in [1.29, 1.82) is 0 Å². The Kier molecular flexibility index (Phi) is 4.20. The second kappa shape index (κ2) is 5.87. The Morgan fingerprint density at radius 2 is 1.95 bits per heavy atom. The van der Waals surface area contributed by atoms with Gasteiger partial charge in [-0.1, -0.05) is 13.8 Å². The van der Waals surface area contributed by atoms with Crippen LogP contribution in [0, 0.1) is 5.82 Å². The van der Waals surface area contributed by atoms with Gasteiger partial charge in [0.15, 0.2) is 5.82 Å². The number of nitrogen functional groups attached to an aromatic ring is 1. The van der Waals surface area contributed by atoms with Gasteiger partial charge in [0.25, 0.3) is 0 Å². The molecule has 19 heavy (non-hydrogen) atoms. The van der Waals surface area contributed by atoms with Crippen LogP contribution in [0.2, 0.25) is 0 Å². The molecule has 2 rings (SSSR count). The maximum atomic E-state index is 14.3. The smallest absolute Gasteiger partial charge is 0.150 e. The lowest BCUT2D eigenvalue weighted by atomic mass is 10.1. The van der Waals surface area contributed by atoms with Crippen LogP contribution in [0.25, 0.3) is 10.9 Å². The van der Waals surface area contributed by atoms with E-state index in [1.54, 1.807) is 6.20 Å². The molecule has 0 fully saturated rings. The molecule has 0 aliphatic heterocycles. The van der Waals surface area contributed by atoms with Crippen LogP contribution in [0.3, 0.4) is 0 Å². The summed E-state index contributed by atoms with van der Waals surface area (Å²) in [6, 6.07) is 5.11. The number of halogens is 1. The Morgan fingerprint density at radius 1 is 1.26 bits per heavy atom. The predicted octanol–water partition coefficient (Wildman–Crippen LogP) is 3.58. The summed E-state index contributed by atoms with van der Waals surface area (Å²) < 4.78 is 14.3. The Balaban J connectivity index is 2.63. The highest BCUT2D eigenvalue weighted by Gasteiger charge is 2.17. The molecule has 3 nitrogen and oxygen atoms in total. The van der Waals surface area contributed by atoms with Crippen LogP contribution >= 0.6 is 0 Å². The number of hydrogen-bond acceptors (Lipinski definition) is 3. The number of rotatable bonds is 5. The Hall–Kier alpha value is -1.84. The maximum absolute atomic E-state index is 14.3. The molecule has 1 aromatic heterocycles. The lowest BCUT2D eigenvalue weighted by Crippen LogP contribution is -2.26. The highest BCUT2D eigenvalue weighted by Crippen LogP contribution is 2.32. The first-order chi connectivity index (χ1) is 9.19. The second-order valence-corrected chi connectivity index (χ2v) is 4.68. The van der Waals surface area contributed by atoms with Gasteiger partial charge < -0.3 is 10.6 Å². The van der Waals surface area contributed by atoms with Gasteiger partial charge >= 0.3 is 0 Å². The summed E-state index contributed by atoms with van der Waals surface area (Å²) in [7, 11) is 0. The molecule has 0 radical (unpaired) electrons. The van der Waals surface area contributed by atoms with Gasteiger partial charge in [0.2, 0.25) is 0 Å². The zero-order chi connectivity index (χ0) is 13.8. The van der Waals surface area contributed by atoms with Crippen molar-refractivity contribution in [2.45, 2.75) is 26.7 Å². The van der Waals surface area contributed by atoms with E-state index in [0.717, 1.165) is 31.3 Å². The monoisotopic (exact) mass is 261 g/mol. The van der Waals surface area contributed by atoms with Crippen LogP contribution in [0.4, 0.5) is 15.8 Å². The van der Waals surface area contributed by atoms with Gasteiger partial charge in [0.1, 0.15) is 0 Å². The normalized spacial score (nSPS) is 10.9. The van der Waals surface area contributed by atoms with Crippen LogP contribution < -0.4 is 10.6 Å². The third-order valence-electron chi connectivity index (χ3n) is 3.15. The minimum atomic E-state index is -0.286. The minimum absolute atomic E-state index is 0.286. The number of nitrogens with zero attached hydrogens (tertiary/aromatic N) is 2. The van der Waals surface area contributed by atoms with E-state index in [0.29, 0.717) is 16.9 Å². The average Bonchev–Trinajstić information content (AvgIpc) is 2.39. The Bertz CT molecular complexity index is 563. The number of hydrogen-bond donors (Lipinski definition) is 1. The largest absolute Gasteiger partial charge is 0.398 e. The van der Waals surface area contributed by atoms with Crippen LogP contribution in [-0.2, 0) is 0 Å². The first kappa shape index (κ1) is 13.6. The van der Waals surface area contributed by atoms with Crippen LogP contribution in [0.15, 0.2) is 24.4 Å². The number of anilines is 2. The van der Waals surface area contributed by atoms with Gasteiger partial charge in [-0.15, -0.1) is 0 Å². The van der Waals surface area contributed by atoms with Gasteiger partial charge in [-0.05, 0) is 31.0 Å². The molecule has 0 saturated carbocycles. The Morgan fingerprint density at radius 3 is 2.58 bits per heavy atom. The molecular weight excluding hydrogens is 241 g/mol. The average molecular weight is 261 g/mol. The molecule has 0 unspecified atom stereocenters. The molecule has 0 amide bonds. The summed E-state index contributed by atoms with van der Waals surface area (Å²) in [5, 5.41) is 0.816. The van der Waals surface area contributed by atoms with Gasteiger partial charge in [0, 0.05) is 30.4 Å². The quantitative estimate of drug-likeness (QED) is 0.836. The summed E-state index contributed by atoms with van der Waals surface area (Å²) in [6.45, 7) is 5.82.